The van der Waals surface area contributed by atoms with Gasteiger partial charge in [-0.1, -0.05) is 19.9 Å². The minimum Gasteiger partial charge on any atom is -0.417 e. The summed E-state index contributed by atoms with van der Waals surface area (Å²) in [4.78, 5) is 4.34. The number of ether oxygens (including phenoxy) is 1. The first-order valence-corrected chi connectivity index (χ1v) is 7.68. The van der Waals surface area contributed by atoms with Crippen molar-refractivity contribution in [2.75, 3.05) is 0 Å². The van der Waals surface area contributed by atoms with Gasteiger partial charge >= 0.3 is 6.08 Å². The number of fused-ring (bicyclic) bond motifs is 1. The Morgan fingerprint density at radius 3 is 2.86 bits per heavy atom. The Balaban J connectivity index is 1.66. The Hall–Kier alpha value is -1.81. The quantitative estimate of drug-likeness (QED) is 0.907. The van der Waals surface area contributed by atoms with Crippen molar-refractivity contribution >= 4 is 0 Å². The van der Waals surface area contributed by atoms with E-state index >= 15 is 0 Å². The first-order chi connectivity index (χ1) is 10.2. The van der Waals surface area contributed by atoms with Gasteiger partial charge in [-0.3, -0.25) is 0 Å². The molecule has 0 aliphatic heterocycles. The smallest absolute Gasteiger partial charge is 0.399 e. The number of benzene rings is 1. The topological polar surface area (TPSA) is 47.3 Å². The van der Waals surface area contributed by atoms with E-state index in [1.165, 1.54) is 30.4 Å². The molecule has 4 nitrogen and oxygen atoms in total. The Labute approximate surface area is 125 Å². The first-order valence-electron chi connectivity index (χ1n) is 7.68. The van der Waals surface area contributed by atoms with E-state index in [1.807, 2.05) is 6.07 Å². The molecule has 0 amide bonds. The summed E-state index contributed by atoms with van der Waals surface area (Å²) in [5.74, 6) is 0.806. The Kier molecular flexibility index (Phi) is 4.25. The lowest BCUT2D eigenvalue weighted by Crippen LogP contribution is -2.21. The molecule has 0 saturated carbocycles. The summed E-state index contributed by atoms with van der Waals surface area (Å²) in [7, 11) is 0. The average Bonchev–Trinajstić information content (AvgIpc) is 2.92. The zero-order valence-corrected chi connectivity index (χ0v) is 12.7. The van der Waals surface area contributed by atoms with Gasteiger partial charge in [-0.05, 0) is 48.9 Å². The van der Waals surface area contributed by atoms with E-state index in [-0.39, 0.29) is 0 Å². The van der Waals surface area contributed by atoms with Crippen molar-refractivity contribution in [3.05, 3.63) is 41.3 Å². The minimum absolute atomic E-state index is 0.311. The highest BCUT2D eigenvalue weighted by molar-refractivity contribution is 5.37. The van der Waals surface area contributed by atoms with Gasteiger partial charge in [-0.2, -0.15) is 4.98 Å². The van der Waals surface area contributed by atoms with Crippen LogP contribution in [-0.4, -0.2) is 11.0 Å². The molecule has 1 aromatic heterocycles. The van der Waals surface area contributed by atoms with Crippen molar-refractivity contribution in [3.63, 3.8) is 0 Å². The van der Waals surface area contributed by atoms with Gasteiger partial charge < -0.3 is 14.5 Å². The fourth-order valence-corrected chi connectivity index (χ4v) is 2.60. The number of aryl methyl sites for hydroxylation is 2. The standard InChI is InChI=1S/C17H22N2O2/c1-12(2)18-10-15-11-20-17(19-15)21-16-8-7-13-5-3-4-6-14(13)9-16/h7-9,11-12,18H,3-6,10H2,1-2H3. The van der Waals surface area contributed by atoms with Gasteiger partial charge in [-0.25, -0.2) is 0 Å². The fraction of sp³-hybridized carbons (Fsp3) is 0.471. The fourth-order valence-electron chi connectivity index (χ4n) is 2.60. The van der Waals surface area contributed by atoms with E-state index in [2.05, 4.69) is 36.3 Å². The number of nitrogens with zero attached hydrogens (tertiary/aromatic N) is 1. The van der Waals surface area contributed by atoms with Crippen molar-refractivity contribution < 1.29 is 9.15 Å². The van der Waals surface area contributed by atoms with Crippen molar-refractivity contribution in [3.8, 4) is 11.8 Å². The summed E-state index contributed by atoms with van der Waals surface area (Å²) < 4.78 is 11.1. The van der Waals surface area contributed by atoms with E-state index < -0.39 is 0 Å². The number of rotatable bonds is 5. The zero-order chi connectivity index (χ0) is 14.7. The second kappa shape index (κ2) is 6.31. The predicted molar refractivity (Wildman–Crippen MR) is 81.6 cm³/mol. The molecule has 0 bridgehead atoms. The van der Waals surface area contributed by atoms with Crippen LogP contribution in [0.3, 0.4) is 0 Å². The summed E-state index contributed by atoms with van der Waals surface area (Å²) in [5, 5.41) is 3.30. The zero-order valence-electron chi connectivity index (χ0n) is 12.7. The number of nitrogens with one attached hydrogen (secondary N) is 1. The summed E-state index contributed by atoms with van der Waals surface area (Å²) in [6, 6.07) is 6.70. The van der Waals surface area contributed by atoms with Crippen molar-refractivity contribution in [1.29, 1.82) is 0 Å². The number of hydrogen-bond acceptors (Lipinski definition) is 4. The summed E-state index contributed by atoms with van der Waals surface area (Å²) in [6.45, 7) is 4.89. The van der Waals surface area contributed by atoms with Crippen LogP contribution < -0.4 is 10.1 Å². The van der Waals surface area contributed by atoms with E-state index in [4.69, 9.17) is 9.15 Å². The maximum atomic E-state index is 5.73. The van der Waals surface area contributed by atoms with E-state index in [0.717, 1.165) is 17.9 Å². The van der Waals surface area contributed by atoms with Gasteiger partial charge in [0.1, 0.15) is 12.0 Å². The Bertz CT molecular complexity index is 605. The Morgan fingerprint density at radius 2 is 2.05 bits per heavy atom. The highest BCUT2D eigenvalue weighted by Crippen LogP contribution is 2.28. The summed E-state index contributed by atoms with van der Waals surface area (Å²) >= 11 is 0. The molecule has 112 valence electrons. The Morgan fingerprint density at radius 1 is 1.24 bits per heavy atom. The SMILES string of the molecule is CC(C)NCc1coc(Oc2ccc3c(c2)CCCC3)n1. The molecule has 21 heavy (non-hydrogen) atoms. The molecule has 0 spiro atoms. The normalized spacial score (nSPS) is 14.2. The molecule has 1 N–H and O–H groups in total. The first kappa shape index (κ1) is 14.1. The van der Waals surface area contributed by atoms with Crippen LogP contribution in [0.15, 0.2) is 28.9 Å². The van der Waals surface area contributed by atoms with E-state index in [9.17, 15) is 0 Å². The van der Waals surface area contributed by atoms with Gasteiger partial charge in [0.2, 0.25) is 0 Å². The van der Waals surface area contributed by atoms with Crippen LogP contribution in [0.1, 0.15) is 43.5 Å². The maximum Gasteiger partial charge on any atom is 0.399 e. The molecule has 0 fully saturated rings. The molecular formula is C17H22N2O2. The minimum atomic E-state index is 0.311. The predicted octanol–water partition coefficient (Wildman–Crippen LogP) is 3.84. The molecule has 0 atom stereocenters. The third kappa shape index (κ3) is 3.64. The monoisotopic (exact) mass is 286 g/mol. The van der Waals surface area contributed by atoms with E-state index in [1.54, 1.807) is 6.26 Å². The van der Waals surface area contributed by atoms with Crippen LogP contribution in [0.25, 0.3) is 0 Å². The van der Waals surface area contributed by atoms with Gasteiger partial charge in [-0.15, -0.1) is 0 Å². The third-order valence-corrected chi connectivity index (χ3v) is 3.75. The third-order valence-electron chi connectivity index (χ3n) is 3.75. The van der Waals surface area contributed by atoms with Crippen LogP contribution in [-0.2, 0) is 19.4 Å². The lowest BCUT2D eigenvalue weighted by molar-refractivity contribution is 0.330. The second-order valence-corrected chi connectivity index (χ2v) is 5.88. The number of aromatic nitrogens is 1. The van der Waals surface area contributed by atoms with Crippen LogP contribution in [0.5, 0.6) is 11.8 Å². The highest BCUT2D eigenvalue weighted by Gasteiger charge is 2.12. The average molecular weight is 286 g/mol. The van der Waals surface area contributed by atoms with Crippen LogP contribution in [0, 0.1) is 0 Å². The molecule has 1 aromatic carbocycles. The number of oxazole rings is 1. The summed E-state index contributed by atoms with van der Waals surface area (Å²) in [5.41, 5.74) is 3.70. The molecular weight excluding hydrogens is 264 g/mol. The number of hydrogen-bond donors (Lipinski definition) is 1. The lowest BCUT2D eigenvalue weighted by Gasteiger charge is -2.15. The molecule has 2 aromatic rings. The van der Waals surface area contributed by atoms with Crippen LogP contribution in [0.2, 0.25) is 0 Å². The van der Waals surface area contributed by atoms with Crippen molar-refractivity contribution in [2.24, 2.45) is 0 Å². The largest absolute Gasteiger partial charge is 0.417 e. The van der Waals surface area contributed by atoms with E-state index in [0.29, 0.717) is 18.7 Å². The summed E-state index contributed by atoms with van der Waals surface area (Å²) in [6.07, 6.45) is 6.83. The van der Waals surface area contributed by atoms with Crippen molar-refractivity contribution in [2.45, 2.75) is 52.1 Å². The molecule has 1 aliphatic carbocycles. The van der Waals surface area contributed by atoms with Gasteiger partial charge in [0.15, 0.2) is 0 Å². The molecule has 0 radical (unpaired) electrons. The lowest BCUT2D eigenvalue weighted by atomic mass is 9.92. The van der Waals surface area contributed by atoms with Crippen LogP contribution >= 0.6 is 0 Å². The van der Waals surface area contributed by atoms with Gasteiger partial charge in [0.05, 0.1) is 5.69 Å². The molecule has 3 rings (SSSR count). The van der Waals surface area contributed by atoms with Gasteiger partial charge in [0.25, 0.3) is 0 Å². The van der Waals surface area contributed by atoms with Crippen LogP contribution in [0.4, 0.5) is 0 Å². The highest BCUT2D eigenvalue weighted by atomic mass is 16.6. The van der Waals surface area contributed by atoms with Gasteiger partial charge in [0, 0.05) is 12.6 Å². The molecule has 4 heteroatoms. The van der Waals surface area contributed by atoms with Crippen molar-refractivity contribution in [1.82, 2.24) is 10.3 Å². The molecule has 1 heterocycles. The maximum absolute atomic E-state index is 5.73. The second-order valence-electron chi connectivity index (χ2n) is 5.88. The molecule has 1 aliphatic rings. The molecule has 0 saturated heterocycles. The molecule has 0 unspecified atom stereocenters.